The van der Waals surface area contributed by atoms with E-state index in [-0.39, 0.29) is 5.91 Å². The van der Waals surface area contributed by atoms with Crippen LogP contribution in [0, 0.1) is 25.2 Å². The van der Waals surface area contributed by atoms with Gasteiger partial charge in [-0.25, -0.2) is 0 Å². The molecule has 1 amide bonds. The number of carbonyl (C=O) groups excluding carboxylic acids is 1. The molecule has 0 aliphatic heterocycles. The first-order valence-corrected chi connectivity index (χ1v) is 6.84. The smallest absolute Gasteiger partial charge is 0.248 e. The third-order valence-corrected chi connectivity index (χ3v) is 3.79. The van der Waals surface area contributed by atoms with Crippen molar-refractivity contribution in [2.45, 2.75) is 26.8 Å². The summed E-state index contributed by atoms with van der Waals surface area (Å²) >= 11 is 6.10. The highest BCUT2D eigenvalue weighted by molar-refractivity contribution is 6.31. The molecule has 5 nitrogen and oxygen atoms in total. The van der Waals surface area contributed by atoms with Crippen LogP contribution in [0.2, 0.25) is 5.02 Å². The molecule has 0 bridgehead atoms. The summed E-state index contributed by atoms with van der Waals surface area (Å²) in [5.41, 5.74) is 2.52. The Kier molecular flexibility index (Phi) is 4.29. The first-order chi connectivity index (χ1) is 9.93. The van der Waals surface area contributed by atoms with E-state index in [1.54, 1.807) is 42.8 Å². The maximum absolute atomic E-state index is 12.3. The van der Waals surface area contributed by atoms with Crippen LogP contribution < -0.4 is 5.32 Å². The van der Waals surface area contributed by atoms with Gasteiger partial charge in [0.1, 0.15) is 6.04 Å². The van der Waals surface area contributed by atoms with Gasteiger partial charge in [-0.2, -0.15) is 10.4 Å². The third-order valence-electron chi connectivity index (χ3n) is 3.24. The minimum atomic E-state index is -0.498. The number of nitrogens with one attached hydrogen (secondary N) is 1. The number of carbonyl (C=O) groups is 1. The zero-order valence-corrected chi connectivity index (χ0v) is 12.8. The maximum Gasteiger partial charge on any atom is 0.248 e. The molecule has 0 saturated heterocycles. The molecule has 2 aromatic rings. The summed E-state index contributed by atoms with van der Waals surface area (Å²) in [6.45, 7) is 5.37. The number of aryl methyl sites for hydroxylation is 1. The number of aromatic nitrogens is 2. The second-order valence-corrected chi connectivity index (χ2v) is 5.17. The van der Waals surface area contributed by atoms with E-state index in [1.165, 1.54) is 0 Å². The van der Waals surface area contributed by atoms with Crippen molar-refractivity contribution in [3.05, 3.63) is 46.2 Å². The van der Waals surface area contributed by atoms with E-state index in [2.05, 4.69) is 10.4 Å². The number of amides is 1. The number of anilines is 1. The van der Waals surface area contributed by atoms with E-state index in [1.807, 2.05) is 13.0 Å². The largest absolute Gasteiger partial charge is 0.324 e. The summed E-state index contributed by atoms with van der Waals surface area (Å²) < 4.78 is 1.60. The summed E-state index contributed by atoms with van der Waals surface area (Å²) in [5.74, 6) is -0.215. The highest BCUT2D eigenvalue weighted by Crippen LogP contribution is 2.23. The van der Waals surface area contributed by atoms with E-state index >= 15 is 0 Å². The van der Waals surface area contributed by atoms with Crippen LogP contribution in [-0.4, -0.2) is 15.7 Å². The molecule has 0 aliphatic carbocycles. The van der Waals surface area contributed by atoms with Crippen LogP contribution >= 0.6 is 11.6 Å². The molecule has 2 rings (SSSR count). The van der Waals surface area contributed by atoms with Gasteiger partial charge in [0.05, 0.1) is 28.0 Å². The summed E-state index contributed by atoms with van der Waals surface area (Å²) in [5, 5.41) is 16.5. The van der Waals surface area contributed by atoms with E-state index in [9.17, 15) is 4.79 Å². The SMILES string of the molecule is Cc1nn(C(C)C(=O)Nc2cccc(C#N)c2)c(C)c1Cl. The molecule has 1 aromatic carbocycles. The van der Waals surface area contributed by atoms with Crippen LogP contribution in [0.15, 0.2) is 24.3 Å². The Balaban J connectivity index is 2.19. The van der Waals surface area contributed by atoms with Crippen molar-refractivity contribution in [1.82, 2.24) is 9.78 Å². The molecule has 108 valence electrons. The van der Waals surface area contributed by atoms with E-state index in [0.717, 1.165) is 5.69 Å². The normalized spacial score (nSPS) is 11.8. The highest BCUT2D eigenvalue weighted by Gasteiger charge is 2.20. The van der Waals surface area contributed by atoms with Gasteiger partial charge in [0, 0.05) is 5.69 Å². The molecule has 1 aromatic heterocycles. The molecular weight excluding hydrogens is 288 g/mol. The van der Waals surface area contributed by atoms with Crippen LogP contribution in [0.25, 0.3) is 0 Å². The fourth-order valence-electron chi connectivity index (χ4n) is 2.04. The first kappa shape index (κ1) is 15.1. The maximum atomic E-state index is 12.3. The van der Waals surface area contributed by atoms with Gasteiger partial charge in [-0.15, -0.1) is 0 Å². The lowest BCUT2D eigenvalue weighted by molar-refractivity contribution is -0.119. The second-order valence-electron chi connectivity index (χ2n) is 4.79. The van der Waals surface area contributed by atoms with Gasteiger partial charge in [0.15, 0.2) is 0 Å². The third kappa shape index (κ3) is 3.06. The number of rotatable bonds is 3. The van der Waals surface area contributed by atoms with Gasteiger partial charge in [0.2, 0.25) is 5.91 Å². The topological polar surface area (TPSA) is 70.7 Å². The van der Waals surface area contributed by atoms with Gasteiger partial charge in [-0.3, -0.25) is 9.48 Å². The fourth-order valence-corrected chi connectivity index (χ4v) is 2.17. The molecule has 0 saturated carbocycles. The van der Waals surface area contributed by atoms with Gasteiger partial charge in [-0.05, 0) is 39.0 Å². The minimum Gasteiger partial charge on any atom is -0.324 e. The summed E-state index contributed by atoms with van der Waals surface area (Å²) in [4.78, 5) is 12.3. The van der Waals surface area contributed by atoms with E-state index in [0.29, 0.717) is 22.0 Å². The zero-order chi connectivity index (χ0) is 15.6. The summed E-state index contributed by atoms with van der Waals surface area (Å²) in [7, 11) is 0. The second kappa shape index (κ2) is 5.98. The van der Waals surface area contributed by atoms with Crippen molar-refractivity contribution in [3.63, 3.8) is 0 Å². The Morgan fingerprint density at radius 3 is 2.76 bits per heavy atom. The van der Waals surface area contributed by atoms with Crippen molar-refractivity contribution in [2.24, 2.45) is 0 Å². The predicted molar refractivity (Wildman–Crippen MR) is 81.2 cm³/mol. The van der Waals surface area contributed by atoms with Crippen molar-refractivity contribution in [2.75, 3.05) is 5.32 Å². The summed E-state index contributed by atoms with van der Waals surface area (Å²) in [6, 6.07) is 8.30. The Labute approximate surface area is 128 Å². The molecule has 0 spiro atoms. The Morgan fingerprint density at radius 2 is 2.19 bits per heavy atom. The Hall–Kier alpha value is -2.32. The average Bonchev–Trinajstić information content (AvgIpc) is 2.74. The van der Waals surface area contributed by atoms with Crippen LogP contribution in [-0.2, 0) is 4.79 Å². The van der Waals surface area contributed by atoms with Crippen molar-refractivity contribution in [1.29, 1.82) is 5.26 Å². The van der Waals surface area contributed by atoms with Crippen molar-refractivity contribution in [3.8, 4) is 6.07 Å². The lowest BCUT2D eigenvalue weighted by Gasteiger charge is -2.14. The number of nitriles is 1. The molecule has 21 heavy (non-hydrogen) atoms. The molecule has 0 fully saturated rings. The molecule has 1 atom stereocenters. The standard InChI is InChI=1S/C15H15ClN4O/c1-9-14(16)10(2)20(19-9)11(3)15(21)18-13-6-4-5-12(7-13)8-17/h4-7,11H,1-3H3,(H,18,21). The first-order valence-electron chi connectivity index (χ1n) is 6.46. The van der Waals surface area contributed by atoms with Crippen LogP contribution in [0.3, 0.4) is 0 Å². The van der Waals surface area contributed by atoms with Crippen molar-refractivity contribution < 1.29 is 4.79 Å². The van der Waals surface area contributed by atoms with Crippen LogP contribution in [0.5, 0.6) is 0 Å². The van der Waals surface area contributed by atoms with Crippen molar-refractivity contribution >= 4 is 23.2 Å². The summed E-state index contributed by atoms with van der Waals surface area (Å²) in [6.07, 6.45) is 0. The van der Waals surface area contributed by atoms with Gasteiger partial charge < -0.3 is 5.32 Å². The number of hydrogen-bond acceptors (Lipinski definition) is 3. The van der Waals surface area contributed by atoms with Crippen LogP contribution in [0.4, 0.5) is 5.69 Å². The van der Waals surface area contributed by atoms with Gasteiger partial charge in [-0.1, -0.05) is 17.7 Å². The van der Waals surface area contributed by atoms with E-state index in [4.69, 9.17) is 16.9 Å². The van der Waals surface area contributed by atoms with Gasteiger partial charge >= 0.3 is 0 Å². The lowest BCUT2D eigenvalue weighted by atomic mass is 10.2. The van der Waals surface area contributed by atoms with Crippen LogP contribution in [0.1, 0.15) is 29.9 Å². The molecule has 1 unspecified atom stereocenters. The van der Waals surface area contributed by atoms with E-state index < -0.39 is 6.04 Å². The number of hydrogen-bond donors (Lipinski definition) is 1. The average molecular weight is 303 g/mol. The molecule has 0 radical (unpaired) electrons. The number of halogens is 1. The fraction of sp³-hybridized carbons (Fsp3) is 0.267. The zero-order valence-electron chi connectivity index (χ0n) is 12.0. The highest BCUT2D eigenvalue weighted by atomic mass is 35.5. The van der Waals surface area contributed by atoms with Gasteiger partial charge in [0.25, 0.3) is 0 Å². The molecule has 1 N–H and O–H groups in total. The Bertz CT molecular complexity index is 730. The molecular formula is C15H15ClN4O. The number of nitrogens with zero attached hydrogens (tertiary/aromatic N) is 3. The molecule has 6 heteroatoms. The lowest BCUT2D eigenvalue weighted by Crippen LogP contribution is -2.25. The molecule has 1 heterocycles. The monoisotopic (exact) mass is 302 g/mol. The quantitative estimate of drug-likeness (QED) is 0.946. The number of benzene rings is 1. The Morgan fingerprint density at radius 1 is 1.48 bits per heavy atom. The molecule has 0 aliphatic rings. The minimum absolute atomic E-state index is 0.215. The predicted octanol–water partition coefficient (Wildman–Crippen LogP) is 3.22.